The van der Waals surface area contributed by atoms with E-state index in [-0.39, 0.29) is 35.9 Å². The number of amides is 1. The van der Waals surface area contributed by atoms with Crippen LogP contribution in [0.2, 0.25) is 0 Å². The molecule has 0 saturated carbocycles. The van der Waals surface area contributed by atoms with Crippen LogP contribution in [0.25, 0.3) is 0 Å². The number of nitrogens with one attached hydrogen (secondary N) is 2. The molecule has 7 heteroatoms. The van der Waals surface area contributed by atoms with Crippen molar-refractivity contribution in [2.75, 3.05) is 13.1 Å². The zero-order valence-corrected chi connectivity index (χ0v) is 16.4. The molecule has 0 saturated heterocycles. The second-order valence-electron chi connectivity index (χ2n) is 6.15. The lowest BCUT2D eigenvalue weighted by molar-refractivity contribution is 0.0493. The Bertz CT molecular complexity index is 327. The second kappa shape index (κ2) is 10.9. The largest absolute Gasteiger partial charge is 0.444 e. The molecule has 126 valence electrons. The van der Waals surface area contributed by atoms with E-state index in [0.717, 1.165) is 13.0 Å². The van der Waals surface area contributed by atoms with E-state index in [4.69, 9.17) is 10.5 Å². The summed E-state index contributed by atoms with van der Waals surface area (Å²) in [5.41, 5.74) is 5.23. The number of alkyl carbamates (subject to hydrolysis) is 1. The van der Waals surface area contributed by atoms with Crippen molar-refractivity contribution in [2.24, 2.45) is 16.6 Å². The predicted octanol–water partition coefficient (Wildman–Crippen LogP) is 2.47. The van der Waals surface area contributed by atoms with Crippen LogP contribution in [0.4, 0.5) is 4.79 Å². The first-order valence-electron chi connectivity index (χ1n) is 7.19. The van der Waals surface area contributed by atoms with Crippen molar-refractivity contribution in [3.63, 3.8) is 0 Å². The van der Waals surface area contributed by atoms with Crippen LogP contribution in [-0.2, 0) is 4.74 Å². The van der Waals surface area contributed by atoms with Gasteiger partial charge in [0.25, 0.3) is 0 Å². The van der Waals surface area contributed by atoms with E-state index >= 15 is 0 Å². The summed E-state index contributed by atoms with van der Waals surface area (Å²) >= 11 is 0. The van der Waals surface area contributed by atoms with Gasteiger partial charge in [-0.05, 0) is 33.1 Å². The van der Waals surface area contributed by atoms with Gasteiger partial charge in [0.15, 0.2) is 5.96 Å². The first-order chi connectivity index (χ1) is 9.15. The third-order valence-corrected chi connectivity index (χ3v) is 2.52. The number of carbonyl (C=O) groups excluding carboxylic acids is 1. The van der Waals surface area contributed by atoms with Crippen LogP contribution < -0.4 is 16.4 Å². The minimum Gasteiger partial charge on any atom is -0.444 e. The smallest absolute Gasteiger partial charge is 0.407 e. The number of rotatable bonds is 6. The van der Waals surface area contributed by atoms with Crippen molar-refractivity contribution in [2.45, 2.75) is 59.6 Å². The molecule has 4 N–H and O–H groups in total. The van der Waals surface area contributed by atoms with Crippen LogP contribution in [0, 0.1) is 5.92 Å². The molecule has 0 aromatic rings. The number of hydrogen-bond donors (Lipinski definition) is 3. The predicted molar refractivity (Wildman–Crippen MR) is 98.2 cm³/mol. The highest BCUT2D eigenvalue weighted by Gasteiger charge is 2.21. The Hall–Kier alpha value is -0.730. The SMILES string of the molecule is CCCNC(N)=NCC(NC(=O)OC(C)(C)C)C(C)C.I. The number of nitrogens with two attached hydrogens (primary N) is 1. The molecule has 6 nitrogen and oxygen atoms in total. The van der Waals surface area contributed by atoms with Gasteiger partial charge in [-0.1, -0.05) is 20.8 Å². The summed E-state index contributed by atoms with van der Waals surface area (Å²) < 4.78 is 5.24. The minimum absolute atomic E-state index is 0. The van der Waals surface area contributed by atoms with Crippen LogP contribution in [0.1, 0.15) is 48.0 Å². The van der Waals surface area contributed by atoms with Gasteiger partial charge in [-0.25, -0.2) is 4.79 Å². The number of guanidine groups is 1. The number of hydrogen-bond acceptors (Lipinski definition) is 3. The molecule has 0 aliphatic heterocycles. The molecular formula is C14H31IN4O2. The molecule has 0 aliphatic carbocycles. The Morgan fingerprint density at radius 3 is 2.33 bits per heavy atom. The van der Waals surface area contributed by atoms with Gasteiger partial charge >= 0.3 is 6.09 Å². The van der Waals surface area contributed by atoms with Gasteiger partial charge in [0.1, 0.15) is 5.60 Å². The summed E-state index contributed by atoms with van der Waals surface area (Å²) in [4.78, 5) is 16.0. The summed E-state index contributed by atoms with van der Waals surface area (Å²) in [6.45, 7) is 12.8. The number of nitrogens with zero attached hydrogens (tertiary/aromatic N) is 1. The third kappa shape index (κ3) is 12.7. The Labute approximate surface area is 145 Å². The van der Waals surface area contributed by atoms with Crippen molar-refractivity contribution in [3.05, 3.63) is 0 Å². The first-order valence-corrected chi connectivity index (χ1v) is 7.19. The molecule has 21 heavy (non-hydrogen) atoms. The van der Waals surface area contributed by atoms with Crippen molar-refractivity contribution >= 4 is 36.0 Å². The molecule has 0 aliphatic rings. The number of aliphatic imine (C=N–C) groups is 1. The van der Waals surface area contributed by atoms with Gasteiger partial charge in [0.05, 0.1) is 12.6 Å². The van der Waals surface area contributed by atoms with Gasteiger partial charge in [-0.15, -0.1) is 24.0 Å². The van der Waals surface area contributed by atoms with Crippen LogP contribution in [0.15, 0.2) is 4.99 Å². The van der Waals surface area contributed by atoms with E-state index in [0.29, 0.717) is 12.5 Å². The highest BCUT2D eigenvalue weighted by Crippen LogP contribution is 2.08. The maximum atomic E-state index is 11.8. The van der Waals surface area contributed by atoms with E-state index < -0.39 is 11.7 Å². The molecular weight excluding hydrogens is 383 g/mol. The normalized spacial score (nSPS) is 13.4. The van der Waals surface area contributed by atoms with Crippen LogP contribution in [-0.4, -0.2) is 36.8 Å². The quantitative estimate of drug-likeness (QED) is 0.354. The zero-order valence-electron chi connectivity index (χ0n) is 14.0. The Morgan fingerprint density at radius 2 is 1.90 bits per heavy atom. The maximum absolute atomic E-state index is 11.8. The van der Waals surface area contributed by atoms with E-state index in [2.05, 4.69) is 22.5 Å². The van der Waals surface area contributed by atoms with Gasteiger partial charge in [-0.2, -0.15) is 0 Å². The van der Waals surface area contributed by atoms with Crippen molar-refractivity contribution in [3.8, 4) is 0 Å². The van der Waals surface area contributed by atoms with Gasteiger partial charge in [0, 0.05) is 6.54 Å². The van der Waals surface area contributed by atoms with Crippen molar-refractivity contribution < 1.29 is 9.53 Å². The molecule has 0 radical (unpaired) electrons. The molecule has 0 rings (SSSR count). The number of ether oxygens (including phenoxy) is 1. The third-order valence-electron chi connectivity index (χ3n) is 2.52. The van der Waals surface area contributed by atoms with Crippen LogP contribution in [0.5, 0.6) is 0 Å². The zero-order chi connectivity index (χ0) is 15.8. The first kappa shape index (κ1) is 22.5. The Balaban J connectivity index is 0. The fourth-order valence-corrected chi connectivity index (χ4v) is 1.39. The monoisotopic (exact) mass is 414 g/mol. The van der Waals surface area contributed by atoms with E-state index in [1.807, 2.05) is 34.6 Å². The van der Waals surface area contributed by atoms with E-state index in [9.17, 15) is 4.79 Å². The summed E-state index contributed by atoms with van der Waals surface area (Å²) in [6.07, 6.45) is 0.562. The number of halogens is 1. The molecule has 1 unspecified atom stereocenters. The molecule has 0 fully saturated rings. The van der Waals surface area contributed by atoms with Gasteiger partial charge in [-0.3, -0.25) is 4.99 Å². The Kier molecular flexibility index (Phi) is 11.7. The van der Waals surface area contributed by atoms with Crippen molar-refractivity contribution in [1.82, 2.24) is 10.6 Å². The van der Waals surface area contributed by atoms with Crippen LogP contribution >= 0.6 is 24.0 Å². The highest BCUT2D eigenvalue weighted by atomic mass is 127. The molecule has 0 aromatic carbocycles. The summed E-state index contributed by atoms with van der Waals surface area (Å²) in [5.74, 6) is 0.647. The topological polar surface area (TPSA) is 88.7 Å². The number of carbonyl (C=O) groups is 1. The molecule has 0 heterocycles. The standard InChI is InChI=1S/C14H30N4O2.HI/c1-7-8-16-12(15)17-9-11(10(2)3)18-13(19)20-14(4,5)6;/h10-11H,7-9H2,1-6H3,(H,18,19)(H3,15,16,17);1H. The average Bonchev–Trinajstić information content (AvgIpc) is 2.29. The Morgan fingerprint density at radius 1 is 1.33 bits per heavy atom. The molecule has 0 bridgehead atoms. The molecule has 1 amide bonds. The van der Waals surface area contributed by atoms with E-state index in [1.165, 1.54) is 0 Å². The lowest BCUT2D eigenvalue weighted by atomic mass is 10.1. The summed E-state index contributed by atoms with van der Waals surface area (Å²) in [6, 6.07) is -0.105. The molecule has 0 spiro atoms. The van der Waals surface area contributed by atoms with Crippen LogP contribution in [0.3, 0.4) is 0 Å². The van der Waals surface area contributed by atoms with Gasteiger partial charge < -0.3 is 21.1 Å². The minimum atomic E-state index is -0.503. The molecule has 1 atom stereocenters. The van der Waals surface area contributed by atoms with E-state index in [1.54, 1.807) is 0 Å². The fraction of sp³-hybridized carbons (Fsp3) is 0.857. The summed E-state index contributed by atoms with van der Waals surface area (Å²) in [7, 11) is 0. The summed E-state index contributed by atoms with van der Waals surface area (Å²) in [5, 5.41) is 5.83. The lowest BCUT2D eigenvalue weighted by Gasteiger charge is -2.25. The molecule has 0 aromatic heterocycles. The average molecular weight is 414 g/mol. The van der Waals surface area contributed by atoms with Crippen molar-refractivity contribution in [1.29, 1.82) is 0 Å². The lowest BCUT2D eigenvalue weighted by Crippen LogP contribution is -2.44. The highest BCUT2D eigenvalue weighted by molar-refractivity contribution is 14.0. The maximum Gasteiger partial charge on any atom is 0.407 e. The van der Waals surface area contributed by atoms with Gasteiger partial charge in [0.2, 0.25) is 0 Å². The fourth-order valence-electron chi connectivity index (χ4n) is 1.39. The second-order valence-corrected chi connectivity index (χ2v) is 6.15.